The van der Waals surface area contributed by atoms with Gasteiger partial charge in [-0.1, -0.05) is 0 Å². The van der Waals surface area contributed by atoms with Crippen molar-refractivity contribution in [2.75, 3.05) is 6.61 Å². The van der Waals surface area contributed by atoms with E-state index in [1.807, 2.05) is 0 Å². The van der Waals surface area contributed by atoms with Gasteiger partial charge in [0.15, 0.2) is 17.5 Å². The third-order valence-corrected chi connectivity index (χ3v) is 4.73. The maximum absolute atomic E-state index is 13.5. The second-order valence-electron chi connectivity index (χ2n) is 4.63. The van der Waals surface area contributed by atoms with Crippen molar-refractivity contribution in [1.29, 1.82) is 0 Å². The Morgan fingerprint density at radius 1 is 1.30 bits per heavy atom. The molecule has 2 unspecified atom stereocenters. The summed E-state index contributed by atoms with van der Waals surface area (Å²) in [6.07, 6.45) is 1.19. The summed E-state index contributed by atoms with van der Waals surface area (Å²) in [7, 11) is -4.28. The Bertz CT molecular complexity index is 600. The van der Waals surface area contributed by atoms with E-state index in [9.17, 15) is 21.6 Å². The van der Waals surface area contributed by atoms with Crippen LogP contribution in [0, 0.1) is 17.5 Å². The normalized spacial score (nSPS) is 21.1. The van der Waals surface area contributed by atoms with Crippen LogP contribution in [0.4, 0.5) is 13.2 Å². The van der Waals surface area contributed by atoms with Gasteiger partial charge in [0.05, 0.1) is 6.10 Å². The SMILES string of the molecule is CC(NS(=O)(=O)c1ccc(F)c(F)c1F)C1CCCO1. The van der Waals surface area contributed by atoms with Gasteiger partial charge < -0.3 is 4.74 Å². The van der Waals surface area contributed by atoms with Gasteiger partial charge in [0, 0.05) is 12.6 Å². The van der Waals surface area contributed by atoms with Crippen LogP contribution in [0.1, 0.15) is 19.8 Å². The Labute approximate surface area is 115 Å². The lowest BCUT2D eigenvalue weighted by molar-refractivity contribution is 0.0902. The van der Waals surface area contributed by atoms with E-state index in [0.717, 1.165) is 6.42 Å². The van der Waals surface area contributed by atoms with E-state index in [2.05, 4.69) is 4.72 Å². The maximum Gasteiger partial charge on any atom is 0.243 e. The maximum atomic E-state index is 13.5. The van der Waals surface area contributed by atoms with Gasteiger partial charge in [-0.05, 0) is 31.9 Å². The number of ether oxygens (including phenoxy) is 1. The van der Waals surface area contributed by atoms with Crippen LogP contribution in [0.5, 0.6) is 0 Å². The molecular formula is C12H14F3NO3S. The summed E-state index contributed by atoms with van der Waals surface area (Å²) in [6.45, 7) is 2.11. The highest BCUT2D eigenvalue weighted by Gasteiger charge is 2.29. The lowest BCUT2D eigenvalue weighted by Crippen LogP contribution is -2.41. The highest BCUT2D eigenvalue weighted by Crippen LogP contribution is 2.21. The zero-order valence-corrected chi connectivity index (χ0v) is 11.5. The van der Waals surface area contributed by atoms with Crippen LogP contribution in [0.2, 0.25) is 0 Å². The molecule has 0 spiro atoms. The third kappa shape index (κ3) is 2.97. The van der Waals surface area contributed by atoms with Crippen molar-refractivity contribution >= 4 is 10.0 Å². The first kappa shape index (κ1) is 15.3. The van der Waals surface area contributed by atoms with Gasteiger partial charge in [-0.15, -0.1) is 0 Å². The summed E-state index contributed by atoms with van der Waals surface area (Å²) < 4.78 is 70.9. The van der Waals surface area contributed by atoms with Gasteiger partial charge in [0.25, 0.3) is 0 Å². The monoisotopic (exact) mass is 309 g/mol. The number of hydrogen-bond donors (Lipinski definition) is 1. The molecule has 0 radical (unpaired) electrons. The molecule has 1 aromatic carbocycles. The van der Waals surface area contributed by atoms with Crippen molar-refractivity contribution in [2.45, 2.75) is 36.8 Å². The average Bonchev–Trinajstić information content (AvgIpc) is 2.89. The van der Waals surface area contributed by atoms with E-state index in [4.69, 9.17) is 4.74 Å². The third-order valence-electron chi connectivity index (χ3n) is 3.15. The average molecular weight is 309 g/mol. The lowest BCUT2D eigenvalue weighted by atomic mass is 10.1. The first-order chi connectivity index (χ1) is 9.33. The molecule has 1 aliphatic heterocycles. The molecule has 1 N–H and O–H groups in total. The Kier molecular flexibility index (Phi) is 4.36. The smallest absolute Gasteiger partial charge is 0.243 e. The van der Waals surface area contributed by atoms with Crippen LogP contribution < -0.4 is 4.72 Å². The first-order valence-corrected chi connectivity index (χ1v) is 7.58. The molecule has 0 saturated carbocycles. The second-order valence-corrected chi connectivity index (χ2v) is 6.32. The van der Waals surface area contributed by atoms with Crippen molar-refractivity contribution in [3.63, 3.8) is 0 Å². The molecule has 0 aromatic heterocycles. The zero-order valence-electron chi connectivity index (χ0n) is 10.7. The summed E-state index contributed by atoms with van der Waals surface area (Å²) in [6, 6.07) is 0.678. The predicted molar refractivity (Wildman–Crippen MR) is 65.1 cm³/mol. The number of sulfonamides is 1. The van der Waals surface area contributed by atoms with E-state index in [0.29, 0.717) is 25.2 Å². The quantitative estimate of drug-likeness (QED) is 0.865. The zero-order chi connectivity index (χ0) is 14.9. The summed E-state index contributed by atoms with van der Waals surface area (Å²) in [5.74, 6) is -4.97. The minimum absolute atomic E-state index is 0.307. The van der Waals surface area contributed by atoms with Crippen molar-refractivity contribution in [2.24, 2.45) is 0 Å². The molecule has 2 atom stereocenters. The molecule has 20 heavy (non-hydrogen) atoms. The summed E-state index contributed by atoms with van der Waals surface area (Å²) in [5.41, 5.74) is 0. The van der Waals surface area contributed by atoms with Crippen LogP contribution in [0.3, 0.4) is 0 Å². The van der Waals surface area contributed by atoms with Crippen LogP contribution in [-0.2, 0) is 14.8 Å². The molecule has 4 nitrogen and oxygen atoms in total. The van der Waals surface area contributed by atoms with Gasteiger partial charge in [-0.3, -0.25) is 0 Å². The van der Waals surface area contributed by atoms with E-state index in [-0.39, 0.29) is 6.10 Å². The fourth-order valence-electron chi connectivity index (χ4n) is 2.10. The van der Waals surface area contributed by atoms with Crippen molar-refractivity contribution in [3.8, 4) is 0 Å². The minimum atomic E-state index is -4.28. The van der Waals surface area contributed by atoms with Crippen molar-refractivity contribution < 1.29 is 26.3 Å². The first-order valence-electron chi connectivity index (χ1n) is 6.10. The molecule has 2 rings (SSSR count). The molecule has 1 aliphatic rings. The standard InChI is InChI=1S/C12H14F3NO3S/c1-7(9-3-2-6-19-9)16-20(17,18)10-5-4-8(13)11(14)12(10)15/h4-5,7,9,16H,2-3,6H2,1H3. The number of hydrogen-bond acceptors (Lipinski definition) is 3. The summed E-state index contributed by atoms with van der Waals surface area (Å²) in [5, 5.41) is 0. The topological polar surface area (TPSA) is 55.4 Å². The molecule has 1 saturated heterocycles. The number of benzene rings is 1. The predicted octanol–water partition coefficient (Wildman–Crippen LogP) is 1.95. The Hall–Kier alpha value is -1.12. The molecule has 112 valence electrons. The molecule has 1 heterocycles. The number of halogens is 3. The fraction of sp³-hybridized carbons (Fsp3) is 0.500. The van der Waals surface area contributed by atoms with Crippen LogP contribution >= 0.6 is 0 Å². The van der Waals surface area contributed by atoms with E-state index < -0.39 is 38.4 Å². The van der Waals surface area contributed by atoms with Gasteiger partial charge in [-0.2, -0.15) is 0 Å². The molecular weight excluding hydrogens is 295 g/mol. The van der Waals surface area contributed by atoms with E-state index in [1.165, 1.54) is 0 Å². The highest BCUT2D eigenvalue weighted by atomic mass is 32.2. The van der Waals surface area contributed by atoms with E-state index >= 15 is 0 Å². The molecule has 0 aliphatic carbocycles. The van der Waals surface area contributed by atoms with Gasteiger partial charge in [0.2, 0.25) is 10.0 Å². The van der Waals surface area contributed by atoms with Gasteiger partial charge in [0.1, 0.15) is 4.90 Å². The molecule has 8 heteroatoms. The van der Waals surface area contributed by atoms with Crippen molar-refractivity contribution in [3.05, 3.63) is 29.6 Å². The van der Waals surface area contributed by atoms with Gasteiger partial charge >= 0.3 is 0 Å². The summed E-state index contributed by atoms with van der Waals surface area (Å²) >= 11 is 0. The summed E-state index contributed by atoms with van der Waals surface area (Å²) in [4.78, 5) is -0.916. The van der Waals surface area contributed by atoms with Crippen molar-refractivity contribution in [1.82, 2.24) is 4.72 Å². The number of nitrogens with one attached hydrogen (secondary N) is 1. The van der Waals surface area contributed by atoms with E-state index in [1.54, 1.807) is 6.92 Å². The molecule has 1 fully saturated rings. The Morgan fingerprint density at radius 2 is 2.00 bits per heavy atom. The Balaban J connectivity index is 2.24. The fourth-order valence-corrected chi connectivity index (χ4v) is 3.44. The van der Waals surface area contributed by atoms with Gasteiger partial charge in [-0.25, -0.2) is 26.3 Å². The Morgan fingerprint density at radius 3 is 2.60 bits per heavy atom. The van der Waals surface area contributed by atoms with Crippen LogP contribution in [0.25, 0.3) is 0 Å². The lowest BCUT2D eigenvalue weighted by Gasteiger charge is -2.20. The molecule has 1 aromatic rings. The molecule has 0 bridgehead atoms. The number of rotatable bonds is 4. The minimum Gasteiger partial charge on any atom is -0.377 e. The highest BCUT2D eigenvalue weighted by molar-refractivity contribution is 7.89. The second kappa shape index (κ2) is 5.71. The molecule has 0 amide bonds. The largest absolute Gasteiger partial charge is 0.377 e. The van der Waals surface area contributed by atoms with Crippen LogP contribution in [-0.4, -0.2) is 27.2 Å². The van der Waals surface area contributed by atoms with Crippen LogP contribution in [0.15, 0.2) is 17.0 Å².